The highest BCUT2D eigenvalue weighted by molar-refractivity contribution is 5.77. The molecule has 336 valence electrons. The van der Waals surface area contributed by atoms with Crippen LogP contribution in [0.3, 0.4) is 0 Å². The fourth-order valence-electron chi connectivity index (χ4n) is 7.19. The van der Waals surface area contributed by atoms with Crippen molar-refractivity contribution >= 4 is 11.9 Å². The van der Waals surface area contributed by atoms with Crippen LogP contribution < -0.4 is 5.32 Å². The first kappa shape index (κ1) is 55.6. The topological polar surface area (TPSA) is 95.9 Å². The summed E-state index contributed by atoms with van der Waals surface area (Å²) in [6, 6.07) is -0.724. The number of hydrogen-bond donors (Lipinski definition) is 3. The van der Waals surface area contributed by atoms with Gasteiger partial charge in [-0.15, -0.1) is 0 Å². The largest absolute Gasteiger partial charge is 0.462 e. The molecular formula is C52H93NO5. The number of carbonyl (C=O) groups excluding carboxylic acids is 2. The van der Waals surface area contributed by atoms with E-state index in [1.807, 2.05) is 36.5 Å². The number of amides is 1. The van der Waals surface area contributed by atoms with Crippen LogP contribution in [0.5, 0.6) is 0 Å². The van der Waals surface area contributed by atoms with E-state index in [4.69, 9.17) is 4.74 Å². The van der Waals surface area contributed by atoms with E-state index in [-0.39, 0.29) is 24.9 Å². The van der Waals surface area contributed by atoms with Gasteiger partial charge in [-0.3, -0.25) is 9.59 Å². The van der Waals surface area contributed by atoms with Crippen molar-refractivity contribution in [2.45, 2.75) is 251 Å². The number of unbranched alkanes of at least 4 members (excludes halogenated alkanes) is 24. The number of carbonyl (C=O) groups is 2. The van der Waals surface area contributed by atoms with Gasteiger partial charge in [-0.2, -0.15) is 0 Å². The maximum Gasteiger partial charge on any atom is 0.306 e. The van der Waals surface area contributed by atoms with Crippen molar-refractivity contribution in [2.24, 2.45) is 0 Å². The summed E-state index contributed by atoms with van der Waals surface area (Å²) in [4.78, 5) is 26.0. The molecule has 3 unspecified atom stereocenters. The van der Waals surface area contributed by atoms with E-state index >= 15 is 0 Å². The summed E-state index contributed by atoms with van der Waals surface area (Å²) in [5, 5.41) is 23.7. The van der Waals surface area contributed by atoms with E-state index in [0.717, 1.165) is 64.2 Å². The summed E-state index contributed by atoms with van der Waals surface area (Å²) in [5.74, 6) is -0.555. The lowest BCUT2D eigenvalue weighted by Gasteiger charge is -2.24. The van der Waals surface area contributed by atoms with E-state index in [0.29, 0.717) is 19.3 Å². The maximum absolute atomic E-state index is 13.1. The van der Waals surface area contributed by atoms with Gasteiger partial charge in [0.15, 0.2) is 0 Å². The highest BCUT2D eigenvalue weighted by Gasteiger charge is 2.24. The molecule has 0 aliphatic carbocycles. The monoisotopic (exact) mass is 812 g/mol. The number of ether oxygens (including phenoxy) is 1. The third-order valence-corrected chi connectivity index (χ3v) is 10.9. The van der Waals surface area contributed by atoms with Crippen LogP contribution >= 0.6 is 0 Å². The number of rotatable bonds is 43. The van der Waals surface area contributed by atoms with Crippen molar-refractivity contribution in [1.82, 2.24) is 5.32 Å². The first-order valence-corrected chi connectivity index (χ1v) is 24.6. The van der Waals surface area contributed by atoms with Gasteiger partial charge >= 0.3 is 5.97 Å². The van der Waals surface area contributed by atoms with Gasteiger partial charge in [0, 0.05) is 6.42 Å². The molecule has 0 aromatic carbocycles. The second kappa shape index (κ2) is 45.6. The van der Waals surface area contributed by atoms with Gasteiger partial charge in [0.25, 0.3) is 0 Å². The molecule has 0 aliphatic heterocycles. The molecule has 0 radical (unpaired) electrons. The van der Waals surface area contributed by atoms with E-state index in [1.54, 1.807) is 0 Å². The Morgan fingerprint density at radius 3 is 1.53 bits per heavy atom. The van der Waals surface area contributed by atoms with Gasteiger partial charge in [-0.1, -0.05) is 223 Å². The Morgan fingerprint density at radius 1 is 0.517 bits per heavy atom. The van der Waals surface area contributed by atoms with Gasteiger partial charge in [0.1, 0.15) is 6.10 Å². The lowest BCUT2D eigenvalue weighted by molar-refractivity contribution is -0.151. The molecule has 0 aromatic heterocycles. The van der Waals surface area contributed by atoms with E-state index in [9.17, 15) is 19.8 Å². The van der Waals surface area contributed by atoms with Crippen LogP contribution in [0, 0.1) is 0 Å². The molecule has 0 spiro atoms. The predicted molar refractivity (Wildman–Crippen MR) is 250 cm³/mol. The van der Waals surface area contributed by atoms with Gasteiger partial charge < -0.3 is 20.3 Å². The molecule has 6 heteroatoms. The number of hydrogen-bond acceptors (Lipinski definition) is 5. The zero-order valence-corrected chi connectivity index (χ0v) is 38.2. The minimum absolute atomic E-state index is 0.0273. The van der Waals surface area contributed by atoms with Gasteiger partial charge in [0.2, 0.25) is 5.91 Å². The van der Waals surface area contributed by atoms with Crippen molar-refractivity contribution in [3.63, 3.8) is 0 Å². The Kier molecular flexibility index (Phi) is 43.7. The smallest absolute Gasteiger partial charge is 0.306 e. The SMILES string of the molecule is CC/C=C/C=C/C=C\C=C/CCCC(CC(=O)NC(CO)C(O)CCCCCCCCCCCCCCCCCCC)OC(=O)CCCCCCC/C=C\CCCC. The quantitative estimate of drug-likeness (QED) is 0.0247. The average Bonchev–Trinajstić information content (AvgIpc) is 3.22. The van der Waals surface area contributed by atoms with E-state index in [1.165, 1.54) is 122 Å². The third-order valence-electron chi connectivity index (χ3n) is 10.9. The lowest BCUT2D eigenvalue weighted by atomic mass is 10.0. The number of nitrogens with one attached hydrogen (secondary N) is 1. The van der Waals surface area contributed by atoms with Crippen molar-refractivity contribution in [2.75, 3.05) is 6.61 Å². The molecular weight excluding hydrogens is 719 g/mol. The van der Waals surface area contributed by atoms with Crippen LogP contribution in [0.2, 0.25) is 0 Å². The molecule has 0 aliphatic rings. The second-order valence-electron chi connectivity index (χ2n) is 16.6. The zero-order valence-electron chi connectivity index (χ0n) is 38.2. The molecule has 3 atom stereocenters. The Morgan fingerprint density at radius 2 is 0.983 bits per heavy atom. The molecule has 0 rings (SSSR count). The van der Waals surface area contributed by atoms with Crippen molar-refractivity contribution in [3.05, 3.63) is 60.8 Å². The second-order valence-corrected chi connectivity index (χ2v) is 16.6. The third kappa shape index (κ3) is 40.3. The Bertz CT molecular complexity index is 1050. The number of allylic oxidation sites excluding steroid dienone is 10. The lowest BCUT2D eigenvalue weighted by Crippen LogP contribution is -2.46. The number of aliphatic hydroxyl groups excluding tert-OH is 2. The first-order valence-electron chi connectivity index (χ1n) is 24.6. The van der Waals surface area contributed by atoms with E-state index < -0.39 is 18.2 Å². The summed E-state index contributed by atoms with van der Waals surface area (Å²) in [5.41, 5.74) is 0. The molecule has 1 amide bonds. The minimum atomic E-state index is -0.806. The van der Waals surface area contributed by atoms with Crippen LogP contribution in [0.4, 0.5) is 0 Å². The van der Waals surface area contributed by atoms with Gasteiger partial charge in [-0.05, 0) is 57.8 Å². The molecule has 0 saturated carbocycles. The van der Waals surface area contributed by atoms with Crippen LogP contribution in [-0.2, 0) is 14.3 Å². The maximum atomic E-state index is 13.1. The van der Waals surface area contributed by atoms with Crippen LogP contribution in [0.25, 0.3) is 0 Å². The number of esters is 1. The highest BCUT2D eigenvalue weighted by Crippen LogP contribution is 2.17. The van der Waals surface area contributed by atoms with Gasteiger partial charge in [0.05, 0.1) is 25.2 Å². The van der Waals surface area contributed by atoms with Crippen LogP contribution in [0.1, 0.15) is 233 Å². The molecule has 0 aromatic rings. The molecule has 6 nitrogen and oxygen atoms in total. The highest BCUT2D eigenvalue weighted by atomic mass is 16.5. The fraction of sp³-hybridized carbons (Fsp3) is 0.769. The zero-order chi connectivity index (χ0) is 42.4. The Balaban J connectivity index is 4.55. The molecule has 0 fully saturated rings. The predicted octanol–water partition coefficient (Wildman–Crippen LogP) is 14.5. The number of aliphatic hydroxyl groups is 2. The summed E-state index contributed by atoms with van der Waals surface area (Å²) >= 11 is 0. The Hall–Kier alpha value is -2.44. The van der Waals surface area contributed by atoms with Crippen molar-refractivity contribution < 1.29 is 24.5 Å². The van der Waals surface area contributed by atoms with Crippen LogP contribution in [-0.4, -0.2) is 46.9 Å². The normalized spacial score (nSPS) is 13.8. The molecule has 0 bridgehead atoms. The fourth-order valence-corrected chi connectivity index (χ4v) is 7.19. The minimum Gasteiger partial charge on any atom is -0.462 e. The molecule has 0 saturated heterocycles. The standard InChI is InChI=1S/C52H93NO5/c1-4-7-10-13-16-19-22-23-24-25-26-27-30-32-35-38-41-44-50(55)49(47-54)53-51(56)46-48(43-40-37-34-31-28-20-17-14-11-8-5-2)58-52(57)45-42-39-36-33-29-21-18-15-12-9-6-3/h8,11,14-15,17-18,20,28,31,34,48-50,54-55H,4-7,9-10,12-13,16,19,21-27,29-30,32-33,35-47H2,1-3H3,(H,53,56)/b11-8+,17-14+,18-15-,28-20-,34-31-. The average molecular weight is 812 g/mol. The molecule has 3 N–H and O–H groups in total. The summed E-state index contributed by atoms with van der Waals surface area (Å²) in [7, 11) is 0. The Labute approximate surface area is 358 Å². The summed E-state index contributed by atoms with van der Waals surface area (Å²) < 4.78 is 5.86. The summed E-state index contributed by atoms with van der Waals surface area (Å²) in [6.07, 6.45) is 55.8. The first-order chi connectivity index (χ1) is 28.5. The molecule has 58 heavy (non-hydrogen) atoms. The van der Waals surface area contributed by atoms with Crippen molar-refractivity contribution in [3.8, 4) is 0 Å². The van der Waals surface area contributed by atoms with Crippen LogP contribution in [0.15, 0.2) is 60.8 Å². The van der Waals surface area contributed by atoms with Crippen molar-refractivity contribution in [1.29, 1.82) is 0 Å². The van der Waals surface area contributed by atoms with Gasteiger partial charge in [-0.25, -0.2) is 0 Å². The molecule has 0 heterocycles. The summed E-state index contributed by atoms with van der Waals surface area (Å²) in [6.45, 7) is 6.28. The van der Waals surface area contributed by atoms with E-state index in [2.05, 4.69) is 50.4 Å².